The number of hydrogen-bond donors (Lipinski definition) is 2. The van der Waals surface area contributed by atoms with Crippen LogP contribution >= 0.6 is 12.4 Å². The number of benzene rings is 1. The Morgan fingerprint density at radius 1 is 1.09 bits per heavy atom. The fraction of sp³-hybridized carbons (Fsp3) is 0.577. The Morgan fingerprint density at radius 2 is 1.79 bits per heavy atom. The van der Waals surface area contributed by atoms with Crippen LogP contribution < -0.4 is 5.73 Å². The second-order valence-electron chi connectivity index (χ2n) is 9.27. The number of aromatic nitrogens is 3. The van der Waals surface area contributed by atoms with Gasteiger partial charge in [0.2, 0.25) is 11.7 Å². The van der Waals surface area contributed by atoms with Crippen molar-refractivity contribution in [3.8, 4) is 11.4 Å². The maximum absolute atomic E-state index is 7.81. The van der Waals surface area contributed by atoms with E-state index in [2.05, 4.69) is 47.1 Å². The lowest BCUT2D eigenvalue weighted by atomic mass is 10.1. The van der Waals surface area contributed by atoms with Crippen LogP contribution in [0.25, 0.3) is 22.3 Å². The number of likely N-dealkylation sites (tertiary alicyclic amines) is 1. The third-order valence-electron chi connectivity index (χ3n) is 6.82. The van der Waals surface area contributed by atoms with Crippen LogP contribution in [0.5, 0.6) is 0 Å². The molecule has 0 radical (unpaired) electrons. The number of fused-ring (bicyclic) bond motifs is 1. The zero-order valence-electron chi connectivity index (χ0n) is 20.3. The van der Waals surface area contributed by atoms with Gasteiger partial charge in [0.1, 0.15) is 6.04 Å². The number of nitrogens with one attached hydrogen (secondary N) is 1. The van der Waals surface area contributed by atoms with Crippen molar-refractivity contribution in [2.45, 2.75) is 90.1 Å². The molecule has 7 nitrogen and oxygen atoms in total. The first-order valence-electron chi connectivity index (χ1n) is 12.7. The van der Waals surface area contributed by atoms with Crippen molar-refractivity contribution in [3.63, 3.8) is 0 Å². The normalized spacial score (nSPS) is 15.7. The summed E-state index contributed by atoms with van der Waals surface area (Å²) in [6.07, 6.45) is 16.0. The second kappa shape index (κ2) is 12.8. The lowest BCUT2D eigenvalue weighted by Crippen LogP contribution is -2.35. The number of unbranched alkanes of at least 4 members (excludes halogenated alkanes) is 8. The minimum absolute atomic E-state index is 0. The van der Waals surface area contributed by atoms with Gasteiger partial charge in [0, 0.05) is 35.8 Å². The predicted octanol–water partition coefficient (Wildman–Crippen LogP) is 6.67. The molecule has 186 valence electrons. The third-order valence-corrected chi connectivity index (χ3v) is 6.82. The van der Waals surface area contributed by atoms with E-state index >= 15 is 0 Å². The summed E-state index contributed by atoms with van der Waals surface area (Å²) in [5.74, 6) is 1.23. The average molecular weight is 487 g/mol. The van der Waals surface area contributed by atoms with Crippen molar-refractivity contribution >= 4 is 29.3 Å². The molecule has 8 heteroatoms. The molecule has 0 aliphatic carbocycles. The number of para-hydroxylation sites is 1. The van der Waals surface area contributed by atoms with Gasteiger partial charge < -0.3 is 19.7 Å². The van der Waals surface area contributed by atoms with E-state index in [1.165, 1.54) is 63.3 Å². The highest BCUT2D eigenvalue weighted by Crippen LogP contribution is 2.34. The van der Waals surface area contributed by atoms with E-state index in [1.54, 1.807) is 0 Å². The summed E-state index contributed by atoms with van der Waals surface area (Å²) < 4.78 is 7.97. The first kappa shape index (κ1) is 26.1. The van der Waals surface area contributed by atoms with E-state index < -0.39 is 0 Å². The van der Waals surface area contributed by atoms with E-state index in [1.807, 2.05) is 4.90 Å². The maximum atomic E-state index is 7.81. The summed E-state index contributed by atoms with van der Waals surface area (Å²) >= 11 is 0. The van der Waals surface area contributed by atoms with Gasteiger partial charge in [0.15, 0.2) is 5.96 Å². The molecule has 1 fully saturated rings. The van der Waals surface area contributed by atoms with Crippen LogP contribution in [0.4, 0.5) is 0 Å². The molecule has 1 aliphatic rings. The number of halogens is 1. The summed E-state index contributed by atoms with van der Waals surface area (Å²) in [6, 6.07) is 8.35. The van der Waals surface area contributed by atoms with E-state index in [4.69, 9.17) is 20.7 Å². The van der Waals surface area contributed by atoms with Crippen LogP contribution in [-0.4, -0.2) is 32.1 Å². The Balaban J connectivity index is 0.00000324. The van der Waals surface area contributed by atoms with Crippen molar-refractivity contribution in [1.82, 2.24) is 19.6 Å². The van der Waals surface area contributed by atoms with Gasteiger partial charge in [-0.1, -0.05) is 81.6 Å². The summed E-state index contributed by atoms with van der Waals surface area (Å²) in [7, 11) is 0. The van der Waals surface area contributed by atoms with Gasteiger partial charge in [-0.15, -0.1) is 12.4 Å². The smallest absolute Gasteiger partial charge is 0.249 e. The Labute approximate surface area is 209 Å². The van der Waals surface area contributed by atoms with Crippen molar-refractivity contribution in [1.29, 1.82) is 5.41 Å². The number of guanidine groups is 1. The van der Waals surface area contributed by atoms with Crippen LogP contribution in [0, 0.1) is 5.41 Å². The molecule has 34 heavy (non-hydrogen) atoms. The Hall–Kier alpha value is -2.54. The average Bonchev–Trinajstić information content (AvgIpc) is 3.56. The van der Waals surface area contributed by atoms with Crippen LogP contribution in [0.2, 0.25) is 0 Å². The molecule has 1 atom stereocenters. The Kier molecular flexibility index (Phi) is 9.81. The summed E-state index contributed by atoms with van der Waals surface area (Å²) in [5.41, 5.74) is 7.96. The summed E-state index contributed by atoms with van der Waals surface area (Å²) in [4.78, 5) is 6.56. The lowest BCUT2D eigenvalue weighted by molar-refractivity contribution is 0.283. The highest BCUT2D eigenvalue weighted by molar-refractivity contribution is 5.94. The molecule has 3 aromatic rings. The molecule has 3 heterocycles. The van der Waals surface area contributed by atoms with Crippen molar-refractivity contribution < 1.29 is 4.52 Å². The molecule has 4 rings (SSSR count). The van der Waals surface area contributed by atoms with Crippen LogP contribution in [0.15, 0.2) is 35.0 Å². The fourth-order valence-corrected chi connectivity index (χ4v) is 4.99. The van der Waals surface area contributed by atoms with E-state index in [0.717, 1.165) is 36.9 Å². The van der Waals surface area contributed by atoms with Crippen molar-refractivity contribution in [2.24, 2.45) is 5.73 Å². The molecular formula is C26H39ClN6O. The zero-order chi connectivity index (χ0) is 23.0. The molecule has 0 bridgehead atoms. The van der Waals surface area contributed by atoms with Crippen LogP contribution in [0.1, 0.15) is 89.5 Å². The molecule has 1 unspecified atom stereocenters. The van der Waals surface area contributed by atoms with E-state index in [-0.39, 0.29) is 24.4 Å². The predicted molar refractivity (Wildman–Crippen MR) is 140 cm³/mol. The molecular weight excluding hydrogens is 448 g/mol. The monoisotopic (exact) mass is 486 g/mol. The molecule has 1 aliphatic heterocycles. The van der Waals surface area contributed by atoms with Gasteiger partial charge in [-0.3, -0.25) is 5.41 Å². The van der Waals surface area contributed by atoms with Gasteiger partial charge in [-0.25, -0.2) is 0 Å². The number of hydrogen-bond acceptors (Lipinski definition) is 4. The first-order chi connectivity index (χ1) is 16.2. The highest BCUT2D eigenvalue weighted by Gasteiger charge is 2.32. The number of nitrogens with zero attached hydrogens (tertiary/aromatic N) is 4. The van der Waals surface area contributed by atoms with Crippen molar-refractivity contribution in [3.05, 3.63) is 36.4 Å². The molecule has 0 saturated carbocycles. The van der Waals surface area contributed by atoms with E-state index in [9.17, 15) is 0 Å². The Morgan fingerprint density at radius 3 is 2.53 bits per heavy atom. The molecule has 1 saturated heterocycles. The standard InChI is InChI=1S/C26H38N6O.ClH/c1-2-3-4-5-6-7-8-9-12-17-31-19-21(20-14-10-11-15-22(20)31)24-29-25(33-30-24)23-16-13-18-32(23)26(27)28;/h10-11,14-15,19,23H,2-9,12-13,16-18H2,1H3,(H3,27,28);1H. The van der Waals surface area contributed by atoms with Gasteiger partial charge in [-0.2, -0.15) is 4.98 Å². The molecule has 1 aromatic carbocycles. The number of rotatable bonds is 12. The van der Waals surface area contributed by atoms with E-state index in [0.29, 0.717) is 11.7 Å². The molecule has 2 aromatic heterocycles. The lowest BCUT2D eigenvalue weighted by Gasteiger charge is -2.21. The minimum Gasteiger partial charge on any atom is -0.370 e. The SMILES string of the molecule is CCCCCCCCCCCn1cc(-c2noc(C3CCCN3C(=N)N)n2)c2ccccc21.Cl. The highest BCUT2D eigenvalue weighted by atomic mass is 35.5. The van der Waals surface area contributed by atoms with Crippen LogP contribution in [0.3, 0.4) is 0 Å². The largest absolute Gasteiger partial charge is 0.370 e. The van der Waals surface area contributed by atoms with Crippen molar-refractivity contribution in [2.75, 3.05) is 6.54 Å². The zero-order valence-corrected chi connectivity index (χ0v) is 21.2. The molecule has 3 N–H and O–H groups in total. The fourth-order valence-electron chi connectivity index (χ4n) is 4.99. The van der Waals surface area contributed by atoms with Gasteiger partial charge in [0.05, 0.1) is 0 Å². The molecule has 0 amide bonds. The maximum Gasteiger partial charge on any atom is 0.249 e. The topological polar surface area (TPSA) is 97.0 Å². The van der Waals surface area contributed by atoms with Gasteiger partial charge in [0.25, 0.3) is 0 Å². The minimum atomic E-state index is -0.0981. The van der Waals surface area contributed by atoms with Gasteiger partial charge in [-0.05, 0) is 25.3 Å². The summed E-state index contributed by atoms with van der Waals surface area (Å²) in [6.45, 7) is 4.03. The molecule has 0 spiro atoms. The number of aryl methyl sites for hydroxylation is 1. The Bertz CT molecular complexity index is 1050. The van der Waals surface area contributed by atoms with Crippen LogP contribution in [-0.2, 0) is 6.54 Å². The van der Waals surface area contributed by atoms with Gasteiger partial charge >= 0.3 is 0 Å². The summed E-state index contributed by atoms with van der Waals surface area (Å²) in [5, 5.41) is 13.3. The number of nitrogens with two attached hydrogens (primary N) is 1. The first-order valence-corrected chi connectivity index (χ1v) is 12.7. The second-order valence-corrected chi connectivity index (χ2v) is 9.27. The quantitative estimate of drug-likeness (QED) is 0.169. The third kappa shape index (κ3) is 6.12.